The molecule has 33 heavy (non-hydrogen) atoms. The lowest BCUT2D eigenvalue weighted by Crippen LogP contribution is -2.53. The second-order valence-electron chi connectivity index (χ2n) is 8.35. The minimum atomic E-state index is -0.886. The van der Waals surface area contributed by atoms with Crippen LogP contribution in [0, 0.1) is 0 Å². The first kappa shape index (κ1) is 22.9. The summed E-state index contributed by atoms with van der Waals surface area (Å²) in [7, 11) is 0. The van der Waals surface area contributed by atoms with Gasteiger partial charge in [0.2, 0.25) is 5.91 Å². The Bertz CT molecular complexity index is 1260. The van der Waals surface area contributed by atoms with Gasteiger partial charge in [-0.15, -0.1) is 0 Å². The number of halogens is 1. The molecule has 0 aliphatic carbocycles. The summed E-state index contributed by atoms with van der Waals surface area (Å²) in [6, 6.07) is 13.7. The molecule has 2 N–H and O–H groups in total. The van der Waals surface area contributed by atoms with Gasteiger partial charge >= 0.3 is 0 Å². The van der Waals surface area contributed by atoms with Crippen LogP contribution in [0.25, 0.3) is 10.8 Å². The Morgan fingerprint density at radius 2 is 1.76 bits per heavy atom. The first-order chi connectivity index (χ1) is 15.8. The maximum atomic E-state index is 13.4. The molecule has 0 bridgehead atoms. The molecule has 2 aromatic carbocycles. The van der Waals surface area contributed by atoms with Crippen molar-refractivity contribution in [3.63, 3.8) is 0 Å². The minimum absolute atomic E-state index is 0.0583. The van der Waals surface area contributed by atoms with Crippen molar-refractivity contribution in [1.29, 1.82) is 0 Å². The molecule has 0 unspecified atom stereocenters. The van der Waals surface area contributed by atoms with Crippen molar-refractivity contribution in [2.45, 2.75) is 38.1 Å². The van der Waals surface area contributed by atoms with Gasteiger partial charge in [-0.1, -0.05) is 41.9 Å². The Balaban J connectivity index is 1.63. The van der Waals surface area contributed by atoms with E-state index in [4.69, 9.17) is 16.3 Å². The van der Waals surface area contributed by atoms with E-state index in [1.54, 1.807) is 42.5 Å². The van der Waals surface area contributed by atoms with Crippen LogP contribution >= 0.6 is 11.6 Å². The Hall–Kier alpha value is -3.23. The molecule has 172 valence electrons. The van der Waals surface area contributed by atoms with Gasteiger partial charge in [0.05, 0.1) is 16.8 Å². The number of carbonyl (C=O) groups excluding carboxylic acids is 2. The van der Waals surface area contributed by atoms with Gasteiger partial charge in [0.15, 0.2) is 5.69 Å². The SMILES string of the molecule is CC(C)n1nc(C(=O)NNC(=O)C2(c3cccc(Cl)c3)CCOCC2)c2ccccc2c1=O. The van der Waals surface area contributed by atoms with Gasteiger partial charge in [-0.05, 0) is 50.5 Å². The van der Waals surface area contributed by atoms with Gasteiger partial charge in [-0.25, -0.2) is 4.68 Å². The fourth-order valence-electron chi connectivity index (χ4n) is 4.17. The van der Waals surface area contributed by atoms with Crippen LogP contribution in [0.3, 0.4) is 0 Å². The van der Waals surface area contributed by atoms with E-state index >= 15 is 0 Å². The molecule has 3 aromatic rings. The number of aromatic nitrogens is 2. The third-order valence-electron chi connectivity index (χ3n) is 5.98. The molecule has 1 aromatic heterocycles. The lowest BCUT2D eigenvalue weighted by atomic mass is 9.73. The standard InChI is InChI=1S/C24H25ClN4O4/c1-15(2)29-22(31)19-9-4-3-8-18(19)20(28-29)21(30)26-27-23(32)24(10-12-33-13-11-24)16-6-5-7-17(25)14-16/h3-9,14-15H,10-13H2,1-2H3,(H,26,30)(H,27,32). The molecule has 1 aliphatic rings. The van der Waals surface area contributed by atoms with E-state index in [0.29, 0.717) is 41.9 Å². The number of rotatable bonds is 4. The predicted molar refractivity (Wildman–Crippen MR) is 125 cm³/mol. The first-order valence-electron chi connectivity index (χ1n) is 10.8. The highest BCUT2D eigenvalue weighted by Crippen LogP contribution is 2.36. The van der Waals surface area contributed by atoms with Crippen molar-refractivity contribution in [3.05, 3.63) is 75.2 Å². The van der Waals surface area contributed by atoms with E-state index in [0.717, 1.165) is 5.56 Å². The topological polar surface area (TPSA) is 102 Å². The Morgan fingerprint density at radius 3 is 2.42 bits per heavy atom. The van der Waals surface area contributed by atoms with E-state index in [1.807, 2.05) is 19.9 Å². The summed E-state index contributed by atoms with van der Waals surface area (Å²) < 4.78 is 6.74. The number of fused-ring (bicyclic) bond motifs is 1. The molecular weight excluding hydrogens is 444 g/mol. The van der Waals surface area contributed by atoms with Crippen LogP contribution in [-0.2, 0) is 14.9 Å². The molecular formula is C24H25ClN4O4. The maximum Gasteiger partial charge on any atom is 0.290 e. The van der Waals surface area contributed by atoms with Crippen molar-refractivity contribution < 1.29 is 14.3 Å². The van der Waals surface area contributed by atoms with Crippen LogP contribution in [0.1, 0.15) is 48.8 Å². The Morgan fingerprint density at radius 1 is 1.06 bits per heavy atom. The summed E-state index contributed by atoms with van der Waals surface area (Å²) >= 11 is 6.18. The highest BCUT2D eigenvalue weighted by molar-refractivity contribution is 6.30. The largest absolute Gasteiger partial charge is 0.381 e. The number of hydrazine groups is 1. The van der Waals surface area contributed by atoms with Crippen LogP contribution < -0.4 is 16.4 Å². The average molecular weight is 469 g/mol. The molecule has 0 saturated carbocycles. The fraction of sp³-hybridized carbons (Fsp3) is 0.333. The maximum absolute atomic E-state index is 13.4. The number of hydrogen-bond donors (Lipinski definition) is 2. The van der Waals surface area contributed by atoms with Crippen molar-refractivity contribution in [2.24, 2.45) is 0 Å². The quantitative estimate of drug-likeness (QED) is 0.573. The molecule has 2 amide bonds. The zero-order valence-electron chi connectivity index (χ0n) is 18.4. The molecule has 1 fully saturated rings. The lowest BCUT2D eigenvalue weighted by molar-refractivity contribution is -0.131. The summed E-state index contributed by atoms with van der Waals surface area (Å²) in [6.07, 6.45) is 0.906. The number of carbonyl (C=O) groups is 2. The molecule has 4 rings (SSSR count). The molecule has 2 heterocycles. The van der Waals surface area contributed by atoms with Crippen LogP contribution in [0.4, 0.5) is 0 Å². The van der Waals surface area contributed by atoms with Gasteiger partial charge in [-0.2, -0.15) is 5.10 Å². The molecule has 9 heteroatoms. The van der Waals surface area contributed by atoms with Crippen LogP contribution in [-0.4, -0.2) is 34.8 Å². The van der Waals surface area contributed by atoms with Crippen LogP contribution in [0.5, 0.6) is 0 Å². The summed E-state index contributed by atoms with van der Waals surface area (Å²) in [5.41, 5.74) is 4.73. The molecule has 8 nitrogen and oxygen atoms in total. The van der Waals surface area contributed by atoms with Crippen LogP contribution in [0.15, 0.2) is 53.3 Å². The summed E-state index contributed by atoms with van der Waals surface area (Å²) in [5, 5.41) is 5.62. The highest BCUT2D eigenvalue weighted by atomic mass is 35.5. The van der Waals surface area contributed by atoms with Crippen LogP contribution in [0.2, 0.25) is 5.02 Å². The minimum Gasteiger partial charge on any atom is -0.381 e. The Labute approximate surface area is 195 Å². The van der Waals surface area contributed by atoms with E-state index < -0.39 is 11.3 Å². The van der Waals surface area contributed by atoms with E-state index in [9.17, 15) is 14.4 Å². The van der Waals surface area contributed by atoms with Gasteiger partial charge in [-0.3, -0.25) is 25.2 Å². The number of amides is 2. The van der Waals surface area contributed by atoms with Crippen molar-refractivity contribution in [2.75, 3.05) is 13.2 Å². The van der Waals surface area contributed by atoms with E-state index in [1.165, 1.54) is 4.68 Å². The van der Waals surface area contributed by atoms with Crippen molar-refractivity contribution in [3.8, 4) is 0 Å². The molecule has 0 atom stereocenters. The van der Waals surface area contributed by atoms with Crippen molar-refractivity contribution in [1.82, 2.24) is 20.6 Å². The normalized spacial score (nSPS) is 15.4. The number of nitrogens with zero attached hydrogens (tertiary/aromatic N) is 2. The second-order valence-corrected chi connectivity index (χ2v) is 8.79. The predicted octanol–water partition coefficient (Wildman–Crippen LogP) is 3.14. The zero-order valence-corrected chi connectivity index (χ0v) is 19.2. The smallest absolute Gasteiger partial charge is 0.290 e. The average Bonchev–Trinajstić information content (AvgIpc) is 2.83. The number of hydrogen-bond acceptors (Lipinski definition) is 5. The third kappa shape index (κ3) is 4.36. The lowest BCUT2D eigenvalue weighted by Gasteiger charge is -2.36. The Kier molecular flexibility index (Phi) is 6.49. The molecule has 0 spiro atoms. The molecule has 0 radical (unpaired) electrons. The highest BCUT2D eigenvalue weighted by Gasteiger charge is 2.42. The summed E-state index contributed by atoms with van der Waals surface area (Å²) in [4.78, 5) is 39.2. The molecule has 1 aliphatic heterocycles. The number of ether oxygens (including phenoxy) is 1. The molecule has 1 saturated heterocycles. The number of nitrogens with one attached hydrogen (secondary N) is 2. The third-order valence-corrected chi connectivity index (χ3v) is 6.22. The van der Waals surface area contributed by atoms with Gasteiger partial charge in [0.1, 0.15) is 0 Å². The van der Waals surface area contributed by atoms with E-state index in [2.05, 4.69) is 16.0 Å². The monoisotopic (exact) mass is 468 g/mol. The van der Waals surface area contributed by atoms with Gasteiger partial charge in [0.25, 0.3) is 11.5 Å². The van der Waals surface area contributed by atoms with Gasteiger partial charge in [0, 0.05) is 23.6 Å². The number of benzene rings is 2. The fourth-order valence-corrected chi connectivity index (χ4v) is 4.36. The summed E-state index contributed by atoms with van der Waals surface area (Å²) in [6.45, 7) is 4.46. The summed E-state index contributed by atoms with van der Waals surface area (Å²) in [5.74, 6) is -0.967. The first-order valence-corrected chi connectivity index (χ1v) is 11.2. The second kappa shape index (κ2) is 9.33. The van der Waals surface area contributed by atoms with Gasteiger partial charge < -0.3 is 4.74 Å². The van der Waals surface area contributed by atoms with Crippen molar-refractivity contribution >= 4 is 34.2 Å². The zero-order chi connectivity index (χ0) is 23.6. The van der Waals surface area contributed by atoms with E-state index in [-0.39, 0.29) is 23.2 Å².